The SMILES string of the molecule is CC.Cc1ccc2c(n1)NCN2. The summed E-state index contributed by atoms with van der Waals surface area (Å²) in [6, 6.07) is 4.04. The lowest BCUT2D eigenvalue weighted by Crippen LogP contribution is -1.99. The van der Waals surface area contributed by atoms with Crippen LogP contribution in [0.15, 0.2) is 12.1 Å². The zero-order valence-electron chi connectivity index (χ0n) is 7.81. The van der Waals surface area contributed by atoms with E-state index in [0.29, 0.717) is 0 Å². The molecule has 0 saturated heterocycles. The lowest BCUT2D eigenvalue weighted by Gasteiger charge is -1.96. The van der Waals surface area contributed by atoms with Gasteiger partial charge in [-0.05, 0) is 19.1 Å². The van der Waals surface area contributed by atoms with Crippen molar-refractivity contribution in [2.24, 2.45) is 0 Å². The zero-order chi connectivity index (χ0) is 8.97. The van der Waals surface area contributed by atoms with E-state index in [4.69, 9.17) is 0 Å². The predicted octanol–water partition coefficient (Wildman–Crippen LogP) is 2.21. The van der Waals surface area contributed by atoms with Crippen LogP contribution >= 0.6 is 0 Å². The van der Waals surface area contributed by atoms with Crippen molar-refractivity contribution >= 4 is 11.5 Å². The molecule has 0 fully saturated rings. The van der Waals surface area contributed by atoms with E-state index in [9.17, 15) is 0 Å². The van der Waals surface area contributed by atoms with E-state index in [1.807, 2.05) is 32.9 Å². The Hall–Kier alpha value is -1.25. The summed E-state index contributed by atoms with van der Waals surface area (Å²) in [7, 11) is 0. The molecule has 2 rings (SSSR count). The van der Waals surface area contributed by atoms with Crippen LogP contribution in [-0.4, -0.2) is 11.7 Å². The van der Waals surface area contributed by atoms with Gasteiger partial charge in [-0.2, -0.15) is 0 Å². The van der Waals surface area contributed by atoms with E-state index in [0.717, 1.165) is 23.9 Å². The second kappa shape index (κ2) is 3.95. The third kappa shape index (κ3) is 1.67. The van der Waals surface area contributed by atoms with Gasteiger partial charge in [-0.1, -0.05) is 13.8 Å². The normalized spacial score (nSPS) is 11.9. The fraction of sp³-hybridized carbons (Fsp3) is 0.444. The Kier molecular flexibility index (Phi) is 2.91. The van der Waals surface area contributed by atoms with Crippen molar-refractivity contribution in [1.29, 1.82) is 0 Å². The van der Waals surface area contributed by atoms with Crippen LogP contribution in [0.25, 0.3) is 0 Å². The number of pyridine rings is 1. The lowest BCUT2D eigenvalue weighted by molar-refractivity contribution is 1.20. The largest absolute Gasteiger partial charge is 0.365 e. The molecule has 0 saturated carbocycles. The summed E-state index contributed by atoms with van der Waals surface area (Å²) in [6.45, 7) is 6.78. The van der Waals surface area contributed by atoms with Gasteiger partial charge in [-0.25, -0.2) is 4.98 Å². The van der Waals surface area contributed by atoms with Gasteiger partial charge in [0, 0.05) is 5.69 Å². The molecule has 0 radical (unpaired) electrons. The molecule has 1 aromatic heterocycles. The van der Waals surface area contributed by atoms with Gasteiger partial charge in [0.2, 0.25) is 0 Å². The summed E-state index contributed by atoms with van der Waals surface area (Å²) >= 11 is 0. The number of aromatic nitrogens is 1. The standard InChI is InChI=1S/C7H9N3.C2H6/c1-5-2-3-6-7(10-5)9-4-8-6;1-2/h2-3,8H,4H2,1H3,(H,9,10);1-2H3. The van der Waals surface area contributed by atoms with Crippen molar-refractivity contribution in [1.82, 2.24) is 4.98 Å². The molecule has 0 aromatic carbocycles. The fourth-order valence-corrected chi connectivity index (χ4v) is 1.06. The maximum Gasteiger partial charge on any atom is 0.151 e. The highest BCUT2D eigenvalue weighted by Crippen LogP contribution is 2.22. The van der Waals surface area contributed by atoms with Crippen LogP contribution in [0.1, 0.15) is 19.5 Å². The van der Waals surface area contributed by atoms with Gasteiger partial charge < -0.3 is 10.6 Å². The number of nitrogens with zero attached hydrogens (tertiary/aromatic N) is 1. The van der Waals surface area contributed by atoms with Crippen molar-refractivity contribution in [3.63, 3.8) is 0 Å². The van der Waals surface area contributed by atoms with Crippen LogP contribution in [-0.2, 0) is 0 Å². The highest BCUT2D eigenvalue weighted by atomic mass is 15.2. The van der Waals surface area contributed by atoms with Crippen LogP contribution in [0.3, 0.4) is 0 Å². The molecule has 12 heavy (non-hydrogen) atoms. The molecule has 0 bridgehead atoms. The Morgan fingerprint density at radius 1 is 1.25 bits per heavy atom. The van der Waals surface area contributed by atoms with Crippen molar-refractivity contribution in [3.8, 4) is 0 Å². The Labute approximate surface area is 73.2 Å². The number of fused-ring (bicyclic) bond motifs is 1. The maximum absolute atomic E-state index is 4.28. The molecular weight excluding hydrogens is 150 g/mol. The Bertz CT molecular complexity index is 258. The van der Waals surface area contributed by atoms with E-state index in [1.165, 1.54) is 0 Å². The monoisotopic (exact) mass is 165 g/mol. The first-order valence-corrected chi connectivity index (χ1v) is 4.32. The van der Waals surface area contributed by atoms with Crippen LogP contribution in [0.5, 0.6) is 0 Å². The number of nitrogens with one attached hydrogen (secondary N) is 2. The molecule has 1 aromatic rings. The average molecular weight is 165 g/mol. The van der Waals surface area contributed by atoms with Gasteiger partial charge >= 0.3 is 0 Å². The second-order valence-corrected chi connectivity index (χ2v) is 2.38. The van der Waals surface area contributed by atoms with Crippen LogP contribution in [0.4, 0.5) is 11.5 Å². The molecule has 3 nitrogen and oxygen atoms in total. The number of anilines is 2. The first-order valence-electron chi connectivity index (χ1n) is 4.32. The Morgan fingerprint density at radius 2 is 2.00 bits per heavy atom. The summed E-state index contributed by atoms with van der Waals surface area (Å²) in [6.07, 6.45) is 0. The van der Waals surface area contributed by atoms with Crippen LogP contribution in [0, 0.1) is 6.92 Å². The zero-order valence-corrected chi connectivity index (χ0v) is 7.81. The molecule has 3 heteroatoms. The van der Waals surface area contributed by atoms with Crippen molar-refractivity contribution in [2.75, 3.05) is 17.3 Å². The van der Waals surface area contributed by atoms with E-state index in [2.05, 4.69) is 15.6 Å². The summed E-state index contributed by atoms with van der Waals surface area (Å²) in [5.41, 5.74) is 2.15. The molecule has 2 heterocycles. The van der Waals surface area contributed by atoms with Gasteiger partial charge in [-0.3, -0.25) is 0 Å². The predicted molar refractivity (Wildman–Crippen MR) is 52.4 cm³/mol. The van der Waals surface area contributed by atoms with Gasteiger partial charge in [0.25, 0.3) is 0 Å². The summed E-state index contributed by atoms with van der Waals surface area (Å²) in [5, 5.41) is 6.27. The van der Waals surface area contributed by atoms with E-state index in [-0.39, 0.29) is 0 Å². The van der Waals surface area contributed by atoms with E-state index >= 15 is 0 Å². The van der Waals surface area contributed by atoms with E-state index < -0.39 is 0 Å². The smallest absolute Gasteiger partial charge is 0.151 e. The molecule has 0 spiro atoms. The minimum Gasteiger partial charge on any atom is -0.365 e. The van der Waals surface area contributed by atoms with Crippen molar-refractivity contribution in [3.05, 3.63) is 17.8 Å². The Morgan fingerprint density at radius 3 is 2.75 bits per heavy atom. The minimum atomic E-state index is 0.797. The number of aryl methyl sites for hydroxylation is 1. The average Bonchev–Trinajstić information content (AvgIpc) is 2.54. The Balaban J connectivity index is 0.000000336. The van der Waals surface area contributed by atoms with Gasteiger partial charge in [0.05, 0.1) is 12.4 Å². The van der Waals surface area contributed by atoms with Crippen molar-refractivity contribution < 1.29 is 0 Å². The molecule has 1 aliphatic heterocycles. The van der Waals surface area contributed by atoms with E-state index in [1.54, 1.807) is 0 Å². The molecule has 0 unspecified atom stereocenters. The molecule has 2 N–H and O–H groups in total. The molecule has 0 atom stereocenters. The van der Waals surface area contributed by atoms with Gasteiger partial charge in [0.15, 0.2) is 5.82 Å². The number of hydrogen-bond donors (Lipinski definition) is 2. The first kappa shape index (κ1) is 8.84. The second-order valence-electron chi connectivity index (χ2n) is 2.38. The highest BCUT2D eigenvalue weighted by Gasteiger charge is 2.08. The summed E-state index contributed by atoms with van der Waals surface area (Å²) in [5.74, 6) is 0.972. The summed E-state index contributed by atoms with van der Waals surface area (Å²) in [4.78, 5) is 4.28. The maximum atomic E-state index is 4.28. The van der Waals surface area contributed by atoms with Crippen molar-refractivity contribution in [2.45, 2.75) is 20.8 Å². The summed E-state index contributed by atoms with van der Waals surface area (Å²) < 4.78 is 0. The highest BCUT2D eigenvalue weighted by molar-refractivity contribution is 5.68. The molecule has 0 aliphatic carbocycles. The lowest BCUT2D eigenvalue weighted by atomic mass is 10.3. The number of hydrogen-bond acceptors (Lipinski definition) is 3. The van der Waals surface area contributed by atoms with Crippen LogP contribution in [0.2, 0.25) is 0 Å². The topological polar surface area (TPSA) is 37.0 Å². The van der Waals surface area contributed by atoms with Gasteiger partial charge in [0.1, 0.15) is 0 Å². The first-order chi connectivity index (χ1) is 5.86. The molecule has 0 amide bonds. The molecular formula is C9H15N3. The third-order valence-corrected chi connectivity index (χ3v) is 1.57. The minimum absolute atomic E-state index is 0.797. The molecule has 1 aliphatic rings. The van der Waals surface area contributed by atoms with Crippen LogP contribution < -0.4 is 10.6 Å². The fourth-order valence-electron chi connectivity index (χ4n) is 1.06. The molecule has 66 valence electrons. The third-order valence-electron chi connectivity index (χ3n) is 1.57. The quantitative estimate of drug-likeness (QED) is 0.619. The number of rotatable bonds is 0. The van der Waals surface area contributed by atoms with Gasteiger partial charge in [-0.15, -0.1) is 0 Å².